The van der Waals surface area contributed by atoms with Crippen molar-refractivity contribution < 1.29 is 9.47 Å². The molecule has 0 saturated carbocycles. The third-order valence-electron chi connectivity index (χ3n) is 3.50. The standard InChI is InChI=1S/C16H20N2O3/c1-4-18-9-5-6-13(16(18)19)15(17)12-8-7-11(20-2)10-14(12)21-3/h5-10,15H,4,17H2,1-3H3. The van der Waals surface area contributed by atoms with Crippen molar-refractivity contribution in [3.05, 3.63) is 58.0 Å². The molecule has 0 aliphatic rings. The first-order valence-electron chi connectivity index (χ1n) is 6.79. The van der Waals surface area contributed by atoms with Crippen LogP contribution in [0.25, 0.3) is 0 Å². The lowest BCUT2D eigenvalue weighted by Crippen LogP contribution is -2.28. The first-order valence-corrected chi connectivity index (χ1v) is 6.79. The van der Waals surface area contributed by atoms with Crippen LogP contribution in [0.15, 0.2) is 41.3 Å². The lowest BCUT2D eigenvalue weighted by molar-refractivity contribution is 0.389. The van der Waals surface area contributed by atoms with Gasteiger partial charge >= 0.3 is 0 Å². The van der Waals surface area contributed by atoms with Crippen LogP contribution in [0.1, 0.15) is 24.1 Å². The van der Waals surface area contributed by atoms with Gasteiger partial charge in [-0.2, -0.15) is 0 Å². The van der Waals surface area contributed by atoms with E-state index in [1.165, 1.54) is 0 Å². The number of nitrogens with zero attached hydrogens (tertiary/aromatic N) is 1. The molecule has 0 saturated heterocycles. The second-order valence-electron chi connectivity index (χ2n) is 4.64. The van der Waals surface area contributed by atoms with Gasteiger partial charge in [0, 0.05) is 29.9 Å². The Balaban J connectivity index is 2.50. The van der Waals surface area contributed by atoms with Gasteiger partial charge in [-0.25, -0.2) is 0 Å². The fourth-order valence-corrected chi connectivity index (χ4v) is 2.28. The van der Waals surface area contributed by atoms with Crippen LogP contribution < -0.4 is 20.8 Å². The Bertz CT molecular complexity index is 679. The molecular weight excluding hydrogens is 268 g/mol. The summed E-state index contributed by atoms with van der Waals surface area (Å²) in [5, 5.41) is 0. The Hall–Kier alpha value is -2.27. The van der Waals surface area contributed by atoms with Gasteiger partial charge in [0.2, 0.25) is 0 Å². The topological polar surface area (TPSA) is 66.5 Å². The maximum Gasteiger partial charge on any atom is 0.255 e. The molecule has 1 atom stereocenters. The number of rotatable bonds is 5. The normalized spacial score (nSPS) is 12.0. The Labute approximate surface area is 123 Å². The minimum atomic E-state index is -0.544. The molecule has 5 heteroatoms. The summed E-state index contributed by atoms with van der Waals surface area (Å²) >= 11 is 0. The first kappa shape index (κ1) is 15.1. The summed E-state index contributed by atoms with van der Waals surface area (Å²) in [6, 6.07) is 8.43. The van der Waals surface area contributed by atoms with Crippen molar-refractivity contribution >= 4 is 0 Å². The average molecular weight is 288 g/mol. The molecule has 0 aliphatic heterocycles. The van der Waals surface area contributed by atoms with Gasteiger partial charge in [-0.05, 0) is 25.1 Å². The molecule has 0 aliphatic carbocycles. The summed E-state index contributed by atoms with van der Waals surface area (Å²) in [5.41, 5.74) is 7.49. The first-order chi connectivity index (χ1) is 10.1. The van der Waals surface area contributed by atoms with Crippen molar-refractivity contribution in [3.8, 4) is 11.5 Å². The van der Waals surface area contributed by atoms with Gasteiger partial charge in [-0.15, -0.1) is 0 Å². The minimum Gasteiger partial charge on any atom is -0.497 e. The summed E-state index contributed by atoms with van der Waals surface area (Å²) in [6.45, 7) is 2.53. The second kappa shape index (κ2) is 6.45. The van der Waals surface area contributed by atoms with Crippen molar-refractivity contribution in [1.82, 2.24) is 4.57 Å². The van der Waals surface area contributed by atoms with E-state index < -0.39 is 6.04 Å². The van der Waals surface area contributed by atoms with Crippen LogP contribution in [0.2, 0.25) is 0 Å². The Morgan fingerprint density at radius 3 is 2.57 bits per heavy atom. The molecule has 1 heterocycles. The van der Waals surface area contributed by atoms with Crippen LogP contribution in [0, 0.1) is 0 Å². The van der Waals surface area contributed by atoms with Crippen molar-refractivity contribution in [1.29, 1.82) is 0 Å². The van der Waals surface area contributed by atoms with E-state index in [0.717, 1.165) is 5.56 Å². The van der Waals surface area contributed by atoms with Crippen LogP contribution >= 0.6 is 0 Å². The molecule has 2 rings (SSSR count). The quantitative estimate of drug-likeness (QED) is 0.913. The van der Waals surface area contributed by atoms with E-state index in [1.54, 1.807) is 43.2 Å². The summed E-state index contributed by atoms with van der Waals surface area (Å²) in [7, 11) is 3.16. The number of aryl methyl sites for hydroxylation is 1. The zero-order chi connectivity index (χ0) is 15.4. The van der Waals surface area contributed by atoms with E-state index in [0.29, 0.717) is 23.6 Å². The molecule has 21 heavy (non-hydrogen) atoms. The van der Waals surface area contributed by atoms with Crippen molar-refractivity contribution in [2.45, 2.75) is 19.5 Å². The summed E-state index contributed by atoms with van der Waals surface area (Å²) < 4.78 is 12.2. The van der Waals surface area contributed by atoms with Gasteiger partial charge in [0.15, 0.2) is 0 Å². The predicted octanol–water partition coefficient (Wildman–Crippen LogP) is 1.93. The molecule has 1 aromatic carbocycles. The monoisotopic (exact) mass is 288 g/mol. The lowest BCUT2D eigenvalue weighted by atomic mass is 9.99. The van der Waals surface area contributed by atoms with E-state index in [-0.39, 0.29) is 5.56 Å². The number of ether oxygens (including phenoxy) is 2. The third-order valence-corrected chi connectivity index (χ3v) is 3.50. The van der Waals surface area contributed by atoms with Crippen LogP contribution in [0.5, 0.6) is 11.5 Å². The average Bonchev–Trinajstić information content (AvgIpc) is 2.53. The number of pyridine rings is 1. The third kappa shape index (κ3) is 2.92. The predicted molar refractivity (Wildman–Crippen MR) is 82.0 cm³/mol. The largest absolute Gasteiger partial charge is 0.497 e. The zero-order valence-corrected chi connectivity index (χ0v) is 12.5. The molecule has 0 amide bonds. The van der Waals surface area contributed by atoms with Gasteiger partial charge in [0.05, 0.1) is 20.3 Å². The molecule has 5 nitrogen and oxygen atoms in total. The second-order valence-corrected chi connectivity index (χ2v) is 4.64. The summed E-state index contributed by atoms with van der Waals surface area (Å²) in [4.78, 5) is 12.4. The van der Waals surface area contributed by atoms with E-state index >= 15 is 0 Å². The number of hydrogen-bond acceptors (Lipinski definition) is 4. The van der Waals surface area contributed by atoms with Gasteiger partial charge < -0.3 is 19.8 Å². The highest BCUT2D eigenvalue weighted by Gasteiger charge is 2.18. The van der Waals surface area contributed by atoms with E-state index in [9.17, 15) is 4.79 Å². The lowest BCUT2D eigenvalue weighted by Gasteiger charge is -2.17. The van der Waals surface area contributed by atoms with Crippen molar-refractivity contribution in [3.63, 3.8) is 0 Å². The van der Waals surface area contributed by atoms with Crippen LogP contribution in [-0.2, 0) is 6.54 Å². The Morgan fingerprint density at radius 1 is 1.19 bits per heavy atom. The number of benzene rings is 1. The molecule has 112 valence electrons. The number of methoxy groups -OCH3 is 2. The van der Waals surface area contributed by atoms with E-state index in [2.05, 4.69) is 0 Å². The van der Waals surface area contributed by atoms with Gasteiger partial charge in [0.25, 0.3) is 5.56 Å². The molecule has 2 N–H and O–H groups in total. The number of aromatic nitrogens is 1. The van der Waals surface area contributed by atoms with Gasteiger partial charge in [-0.1, -0.05) is 6.07 Å². The zero-order valence-electron chi connectivity index (χ0n) is 12.5. The number of hydrogen-bond donors (Lipinski definition) is 1. The smallest absolute Gasteiger partial charge is 0.255 e. The molecule has 0 bridgehead atoms. The maximum atomic E-state index is 12.4. The van der Waals surface area contributed by atoms with Crippen molar-refractivity contribution in [2.75, 3.05) is 14.2 Å². The molecule has 2 aromatic rings. The highest BCUT2D eigenvalue weighted by atomic mass is 16.5. The minimum absolute atomic E-state index is 0.0784. The van der Waals surface area contributed by atoms with E-state index in [1.807, 2.05) is 19.1 Å². The van der Waals surface area contributed by atoms with E-state index in [4.69, 9.17) is 15.2 Å². The van der Waals surface area contributed by atoms with Crippen LogP contribution in [0.4, 0.5) is 0 Å². The Kier molecular flexibility index (Phi) is 4.65. The van der Waals surface area contributed by atoms with Gasteiger partial charge in [0.1, 0.15) is 11.5 Å². The van der Waals surface area contributed by atoms with Crippen molar-refractivity contribution in [2.24, 2.45) is 5.73 Å². The SMILES string of the molecule is CCn1cccc(C(N)c2ccc(OC)cc2OC)c1=O. The van der Waals surface area contributed by atoms with Gasteiger partial charge in [-0.3, -0.25) is 4.79 Å². The fraction of sp³-hybridized carbons (Fsp3) is 0.312. The highest BCUT2D eigenvalue weighted by molar-refractivity contribution is 5.45. The van der Waals surface area contributed by atoms with Crippen LogP contribution in [-0.4, -0.2) is 18.8 Å². The molecule has 0 radical (unpaired) electrons. The maximum absolute atomic E-state index is 12.4. The summed E-state index contributed by atoms with van der Waals surface area (Å²) in [5.74, 6) is 1.29. The molecule has 1 aromatic heterocycles. The molecular formula is C16H20N2O3. The highest BCUT2D eigenvalue weighted by Crippen LogP contribution is 2.30. The molecule has 0 spiro atoms. The van der Waals surface area contributed by atoms with Crippen LogP contribution in [0.3, 0.4) is 0 Å². The number of nitrogens with two attached hydrogens (primary N) is 1. The molecule has 0 fully saturated rings. The fourth-order valence-electron chi connectivity index (χ4n) is 2.28. The Morgan fingerprint density at radius 2 is 1.95 bits per heavy atom. The molecule has 1 unspecified atom stereocenters. The summed E-state index contributed by atoms with van der Waals surface area (Å²) in [6.07, 6.45) is 1.75.